The molecular formula is C18H24N2O3. The first-order valence-electron chi connectivity index (χ1n) is 8.46. The molecule has 5 nitrogen and oxygen atoms in total. The summed E-state index contributed by atoms with van der Waals surface area (Å²) in [6.45, 7) is 3.35. The molecule has 124 valence electrons. The third-order valence-electron chi connectivity index (χ3n) is 4.56. The lowest BCUT2D eigenvalue weighted by molar-refractivity contribution is -0.141. The molecule has 0 N–H and O–H groups in total. The first-order chi connectivity index (χ1) is 11.2. The summed E-state index contributed by atoms with van der Waals surface area (Å²) >= 11 is 0. The first kappa shape index (κ1) is 16.0. The van der Waals surface area contributed by atoms with Gasteiger partial charge in [-0.25, -0.2) is 0 Å². The highest BCUT2D eigenvalue weighted by molar-refractivity contribution is 5.82. The maximum Gasteiger partial charge on any atom is 0.251 e. The van der Waals surface area contributed by atoms with Crippen LogP contribution < -0.4 is 0 Å². The molecule has 1 aromatic carbocycles. The van der Waals surface area contributed by atoms with Crippen molar-refractivity contribution in [3.63, 3.8) is 0 Å². The van der Waals surface area contributed by atoms with Gasteiger partial charge in [0.1, 0.15) is 6.10 Å². The molecule has 2 amide bonds. The Balaban J connectivity index is 1.53. The minimum atomic E-state index is -0.262. The third kappa shape index (κ3) is 4.10. The van der Waals surface area contributed by atoms with Gasteiger partial charge in [0.25, 0.3) is 5.91 Å². The van der Waals surface area contributed by atoms with Gasteiger partial charge in [0.2, 0.25) is 5.91 Å². The largest absolute Gasteiger partial charge is 0.368 e. The number of carbonyl (C=O) groups excluding carboxylic acids is 2. The van der Waals surface area contributed by atoms with Gasteiger partial charge in [0, 0.05) is 32.8 Å². The maximum absolute atomic E-state index is 12.5. The molecule has 23 heavy (non-hydrogen) atoms. The van der Waals surface area contributed by atoms with E-state index in [0.29, 0.717) is 32.7 Å². The maximum atomic E-state index is 12.5. The van der Waals surface area contributed by atoms with E-state index in [9.17, 15) is 9.59 Å². The molecule has 0 saturated carbocycles. The Kier molecular flexibility index (Phi) is 5.28. The third-order valence-corrected chi connectivity index (χ3v) is 4.56. The highest BCUT2D eigenvalue weighted by Gasteiger charge is 2.30. The summed E-state index contributed by atoms with van der Waals surface area (Å²) in [7, 11) is 0. The molecule has 2 saturated heterocycles. The van der Waals surface area contributed by atoms with Crippen molar-refractivity contribution in [1.29, 1.82) is 0 Å². The lowest BCUT2D eigenvalue weighted by atomic mass is 10.1. The van der Waals surface area contributed by atoms with E-state index in [-0.39, 0.29) is 17.9 Å². The van der Waals surface area contributed by atoms with E-state index in [4.69, 9.17) is 4.74 Å². The van der Waals surface area contributed by atoms with Crippen molar-refractivity contribution in [1.82, 2.24) is 9.80 Å². The zero-order valence-corrected chi connectivity index (χ0v) is 13.4. The van der Waals surface area contributed by atoms with Gasteiger partial charge in [-0.15, -0.1) is 0 Å². The van der Waals surface area contributed by atoms with Crippen molar-refractivity contribution in [2.45, 2.75) is 31.8 Å². The normalized spacial score (nSPS) is 22.0. The number of nitrogens with zero attached hydrogens (tertiary/aromatic N) is 2. The van der Waals surface area contributed by atoms with E-state index < -0.39 is 0 Å². The highest BCUT2D eigenvalue weighted by Crippen LogP contribution is 2.16. The van der Waals surface area contributed by atoms with Crippen molar-refractivity contribution in [2.75, 3.05) is 32.8 Å². The van der Waals surface area contributed by atoms with Crippen LogP contribution >= 0.6 is 0 Å². The number of benzene rings is 1. The van der Waals surface area contributed by atoms with Gasteiger partial charge in [0.15, 0.2) is 0 Å². The fourth-order valence-electron chi connectivity index (χ4n) is 3.25. The van der Waals surface area contributed by atoms with Crippen LogP contribution in [0.4, 0.5) is 0 Å². The standard InChI is InChI=1S/C18H24N2O3/c21-17(14-15-6-2-1-3-7-15)19-9-5-10-20(12-11-19)18(22)16-8-4-13-23-16/h1-3,6-7,16H,4-5,8-14H2. The second kappa shape index (κ2) is 7.59. The van der Waals surface area contributed by atoms with Crippen LogP contribution in [0.3, 0.4) is 0 Å². The first-order valence-corrected chi connectivity index (χ1v) is 8.46. The fraction of sp³-hybridized carbons (Fsp3) is 0.556. The molecule has 1 aromatic rings. The summed E-state index contributed by atoms with van der Waals surface area (Å²) in [6.07, 6.45) is 2.79. The Hall–Kier alpha value is -1.88. The minimum absolute atomic E-state index is 0.0971. The molecule has 0 aliphatic carbocycles. The number of amides is 2. The lowest BCUT2D eigenvalue weighted by Gasteiger charge is -2.24. The van der Waals surface area contributed by atoms with Crippen molar-refractivity contribution < 1.29 is 14.3 Å². The number of ether oxygens (including phenoxy) is 1. The molecule has 3 rings (SSSR count). The lowest BCUT2D eigenvalue weighted by Crippen LogP contribution is -2.42. The zero-order valence-electron chi connectivity index (χ0n) is 13.4. The van der Waals surface area contributed by atoms with E-state index in [1.54, 1.807) is 0 Å². The molecule has 1 unspecified atom stereocenters. The Bertz CT molecular complexity index is 540. The Morgan fingerprint density at radius 3 is 2.48 bits per heavy atom. The van der Waals surface area contributed by atoms with Crippen LogP contribution in [-0.2, 0) is 20.7 Å². The van der Waals surface area contributed by atoms with E-state index in [1.165, 1.54) is 0 Å². The van der Waals surface area contributed by atoms with Crippen LogP contribution in [0.15, 0.2) is 30.3 Å². The molecule has 0 radical (unpaired) electrons. The Morgan fingerprint density at radius 1 is 1.00 bits per heavy atom. The van der Waals surface area contributed by atoms with Crippen LogP contribution in [0.1, 0.15) is 24.8 Å². The van der Waals surface area contributed by atoms with Gasteiger partial charge < -0.3 is 14.5 Å². The molecule has 0 bridgehead atoms. The predicted molar refractivity (Wildman–Crippen MR) is 86.9 cm³/mol. The molecule has 2 fully saturated rings. The number of carbonyl (C=O) groups is 2. The summed E-state index contributed by atoms with van der Waals surface area (Å²) in [6, 6.07) is 9.81. The van der Waals surface area contributed by atoms with E-state index >= 15 is 0 Å². The van der Waals surface area contributed by atoms with Crippen LogP contribution in [-0.4, -0.2) is 60.5 Å². The van der Waals surface area contributed by atoms with Crippen molar-refractivity contribution >= 4 is 11.8 Å². The van der Waals surface area contributed by atoms with Gasteiger partial charge >= 0.3 is 0 Å². The second-order valence-electron chi connectivity index (χ2n) is 6.22. The predicted octanol–water partition coefficient (Wildman–Crippen LogP) is 1.47. The van der Waals surface area contributed by atoms with Gasteiger partial charge in [-0.2, -0.15) is 0 Å². The SMILES string of the molecule is O=C(Cc1ccccc1)N1CCCN(C(=O)C2CCCO2)CC1. The van der Waals surface area contributed by atoms with Crippen LogP contribution in [0, 0.1) is 0 Å². The monoisotopic (exact) mass is 316 g/mol. The van der Waals surface area contributed by atoms with Gasteiger partial charge in [-0.3, -0.25) is 9.59 Å². The molecule has 1 atom stereocenters. The number of hydrogen-bond acceptors (Lipinski definition) is 3. The fourth-order valence-corrected chi connectivity index (χ4v) is 3.25. The van der Waals surface area contributed by atoms with Gasteiger partial charge in [-0.1, -0.05) is 30.3 Å². The highest BCUT2D eigenvalue weighted by atomic mass is 16.5. The molecule has 0 spiro atoms. The van der Waals surface area contributed by atoms with E-state index in [1.807, 2.05) is 40.1 Å². The molecule has 2 aliphatic rings. The van der Waals surface area contributed by atoms with Crippen LogP contribution in [0.2, 0.25) is 0 Å². The van der Waals surface area contributed by atoms with Crippen molar-refractivity contribution in [3.8, 4) is 0 Å². The minimum Gasteiger partial charge on any atom is -0.368 e. The topological polar surface area (TPSA) is 49.9 Å². The summed E-state index contributed by atoms with van der Waals surface area (Å²) in [5.74, 6) is 0.238. The molecule has 0 aromatic heterocycles. The smallest absolute Gasteiger partial charge is 0.251 e. The number of rotatable bonds is 3. The molecule has 5 heteroatoms. The number of hydrogen-bond donors (Lipinski definition) is 0. The average molecular weight is 316 g/mol. The quantitative estimate of drug-likeness (QED) is 0.848. The van der Waals surface area contributed by atoms with Gasteiger partial charge in [-0.05, 0) is 24.8 Å². The van der Waals surface area contributed by atoms with E-state index in [0.717, 1.165) is 31.4 Å². The average Bonchev–Trinajstić information content (AvgIpc) is 2.99. The summed E-state index contributed by atoms with van der Waals surface area (Å²) in [5, 5.41) is 0. The second-order valence-corrected chi connectivity index (χ2v) is 6.22. The molecule has 2 heterocycles. The summed E-state index contributed by atoms with van der Waals surface area (Å²) in [4.78, 5) is 28.6. The van der Waals surface area contributed by atoms with Gasteiger partial charge in [0.05, 0.1) is 6.42 Å². The van der Waals surface area contributed by atoms with E-state index in [2.05, 4.69) is 0 Å². The zero-order chi connectivity index (χ0) is 16.1. The van der Waals surface area contributed by atoms with Crippen LogP contribution in [0.5, 0.6) is 0 Å². The molecule has 2 aliphatic heterocycles. The summed E-state index contributed by atoms with van der Waals surface area (Å²) < 4.78 is 5.49. The Morgan fingerprint density at radius 2 is 1.74 bits per heavy atom. The van der Waals surface area contributed by atoms with Crippen molar-refractivity contribution in [3.05, 3.63) is 35.9 Å². The molecular weight excluding hydrogens is 292 g/mol. The van der Waals surface area contributed by atoms with Crippen molar-refractivity contribution in [2.24, 2.45) is 0 Å². The van der Waals surface area contributed by atoms with Crippen LogP contribution in [0.25, 0.3) is 0 Å². The Labute approximate surface area is 137 Å². The summed E-state index contributed by atoms with van der Waals surface area (Å²) in [5.41, 5.74) is 1.04.